The summed E-state index contributed by atoms with van der Waals surface area (Å²) in [5.74, 6) is 1.01. The minimum absolute atomic E-state index is 0.222. The van der Waals surface area contributed by atoms with Crippen LogP contribution in [0.1, 0.15) is 76.7 Å². The van der Waals surface area contributed by atoms with Crippen molar-refractivity contribution in [1.82, 2.24) is 25.1 Å². The molecule has 0 amide bonds. The molecule has 6 nitrogen and oxygen atoms in total. The first-order chi connectivity index (χ1) is 10.2. The Morgan fingerprint density at radius 2 is 1.90 bits per heavy atom. The molecule has 1 saturated heterocycles. The monoisotopic (exact) mass is 293 g/mol. The maximum absolute atomic E-state index is 9.62. The van der Waals surface area contributed by atoms with Gasteiger partial charge in [-0.25, -0.2) is 4.68 Å². The summed E-state index contributed by atoms with van der Waals surface area (Å²) in [7, 11) is 0. The van der Waals surface area contributed by atoms with Crippen LogP contribution in [0.4, 0.5) is 0 Å². The predicted octanol–water partition coefficient (Wildman–Crippen LogP) is 2.08. The number of nitrogens with zero attached hydrogens (tertiary/aromatic N) is 5. The molecule has 0 unspecified atom stereocenters. The Morgan fingerprint density at radius 3 is 2.57 bits per heavy atom. The zero-order valence-corrected chi connectivity index (χ0v) is 13.1. The topological polar surface area (TPSA) is 67.1 Å². The highest BCUT2D eigenvalue weighted by atomic mass is 16.3. The van der Waals surface area contributed by atoms with Crippen LogP contribution >= 0.6 is 0 Å². The maximum Gasteiger partial charge on any atom is 0.168 e. The van der Waals surface area contributed by atoms with Crippen LogP contribution in [-0.2, 0) is 0 Å². The molecule has 2 fully saturated rings. The van der Waals surface area contributed by atoms with E-state index in [4.69, 9.17) is 0 Å². The van der Waals surface area contributed by atoms with Gasteiger partial charge in [-0.05, 0) is 50.0 Å². The maximum atomic E-state index is 9.62. The minimum atomic E-state index is 0.222. The number of aliphatic hydroxyl groups excluding tert-OH is 1. The number of aromatic nitrogens is 4. The number of likely N-dealkylation sites (tertiary alicyclic amines) is 1. The van der Waals surface area contributed by atoms with E-state index in [2.05, 4.69) is 39.0 Å². The molecule has 0 aromatic carbocycles. The van der Waals surface area contributed by atoms with Gasteiger partial charge in [-0.1, -0.05) is 19.3 Å². The fourth-order valence-electron chi connectivity index (χ4n) is 4.14. The first kappa shape index (κ1) is 14.9. The van der Waals surface area contributed by atoms with Gasteiger partial charge in [-0.2, -0.15) is 0 Å². The summed E-state index contributed by atoms with van der Waals surface area (Å²) in [6.07, 6.45) is 8.34. The van der Waals surface area contributed by atoms with Crippen molar-refractivity contribution in [1.29, 1.82) is 0 Å². The molecular formula is C15H27N5O. The van der Waals surface area contributed by atoms with Gasteiger partial charge in [0.2, 0.25) is 0 Å². The SMILES string of the molecule is CC(C)N1[C@H](CO)CC[C@H]1c1nnnn1C1CCCCC1. The molecule has 1 aliphatic heterocycles. The van der Waals surface area contributed by atoms with E-state index in [9.17, 15) is 5.11 Å². The molecule has 1 aliphatic carbocycles. The van der Waals surface area contributed by atoms with Crippen LogP contribution in [-0.4, -0.2) is 48.9 Å². The van der Waals surface area contributed by atoms with Crippen LogP contribution in [0.2, 0.25) is 0 Å². The zero-order chi connectivity index (χ0) is 14.8. The van der Waals surface area contributed by atoms with Crippen molar-refractivity contribution in [3.8, 4) is 0 Å². The van der Waals surface area contributed by atoms with Gasteiger partial charge < -0.3 is 5.11 Å². The number of rotatable bonds is 4. The molecule has 6 heteroatoms. The highest BCUT2D eigenvalue weighted by Gasteiger charge is 2.39. The van der Waals surface area contributed by atoms with Crippen LogP contribution in [0.5, 0.6) is 0 Å². The molecule has 2 aliphatic rings. The second kappa shape index (κ2) is 6.40. The summed E-state index contributed by atoms with van der Waals surface area (Å²) in [6, 6.07) is 1.35. The van der Waals surface area contributed by atoms with Crippen molar-refractivity contribution in [2.75, 3.05) is 6.61 Å². The van der Waals surface area contributed by atoms with E-state index in [1.54, 1.807) is 0 Å². The second-order valence-electron chi connectivity index (χ2n) is 6.74. The lowest BCUT2D eigenvalue weighted by Gasteiger charge is -2.33. The van der Waals surface area contributed by atoms with Crippen molar-refractivity contribution in [3.63, 3.8) is 0 Å². The molecular weight excluding hydrogens is 266 g/mol. The molecule has 0 spiro atoms. The fourth-order valence-corrected chi connectivity index (χ4v) is 4.14. The quantitative estimate of drug-likeness (QED) is 0.920. The van der Waals surface area contributed by atoms with Gasteiger partial charge in [-0.3, -0.25) is 4.90 Å². The van der Waals surface area contributed by atoms with Gasteiger partial charge in [-0.15, -0.1) is 5.10 Å². The van der Waals surface area contributed by atoms with E-state index in [1.807, 2.05) is 0 Å². The molecule has 21 heavy (non-hydrogen) atoms. The highest BCUT2D eigenvalue weighted by Crippen LogP contribution is 2.38. The van der Waals surface area contributed by atoms with Crippen molar-refractivity contribution in [2.45, 2.75) is 83.0 Å². The van der Waals surface area contributed by atoms with Gasteiger partial charge >= 0.3 is 0 Å². The van der Waals surface area contributed by atoms with Crippen LogP contribution in [0, 0.1) is 0 Å². The molecule has 1 saturated carbocycles. The average Bonchev–Trinajstić information content (AvgIpc) is 3.14. The third kappa shape index (κ3) is 2.83. The van der Waals surface area contributed by atoms with Gasteiger partial charge in [0.1, 0.15) is 0 Å². The summed E-state index contributed by atoms with van der Waals surface area (Å²) in [5, 5.41) is 22.2. The predicted molar refractivity (Wildman–Crippen MR) is 79.8 cm³/mol. The molecule has 2 atom stereocenters. The summed E-state index contributed by atoms with van der Waals surface area (Å²) >= 11 is 0. The van der Waals surface area contributed by atoms with Crippen LogP contribution in [0.3, 0.4) is 0 Å². The molecule has 1 aromatic heterocycles. The smallest absolute Gasteiger partial charge is 0.168 e. The van der Waals surface area contributed by atoms with Gasteiger partial charge in [0, 0.05) is 12.1 Å². The van der Waals surface area contributed by atoms with Gasteiger partial charge in [0.15, 0.2) is 5.82 Å². The Balaban J connectivity index is 1.84. The molecule has 1 N–H and O–H groups in total. The summed E-state index contributed by atoms with van der Waals surface area (Å²) < 4.78 is 2.08. The molecule has 118 valence electrons. The standard InChI is InChI=1S/C15H27N5O/c1-11(2)19-13(10-21)8-9-14(19)15-16-17-18-20(15)12-6-4-3-5-7-12/h11-14,21H,3-10H2,1-2H3/t13-,14-/m0/s1. The van der Waals surface area contributed by atoms with Gasteiger partial charge in [0.05, 0.1) is 18.7 Å². The molecule has 1 aromatic rings. The fraction of sp³-hybridized carbons (Fsp3) is 0.933. The number of hydrogen-bond acceptors (Lipinski definition) is 5. The molecule has 2 heterocycles. The summed E-state index contributed by atoms with van der Waals surface area (Å²) in [5.41, 5.74) is 0. The summed E-state index contributed by atoms with van der Waals surface area (Å²) in [6.45, 7) is 4.60. The van der Waals surface area contributed by atoms with Crippen LogP contribution in [0.25, 0.3) is 0 Å². The van der Waals surface area contributed by atoms with E-state index >= 15 is 0 Å². The van der Waals surface area contributed by atoms with Crippen molar-refractivity contribution >= 4 is 0 Å². The van der Waals surface area contributed by atoms with E-state index in [-0.39, 0.29) is 18.7 Å². The van der Waals surface area contributed by atoms with E-state index in [0.717, 1.165) is 18.7 Å². The third-order valence-corrected chi connectivity index (χ3v) is 5.10. The molecule has 0 radical (unpaired) electrons. The van der Waals surface area contributed by atoms with Crippen molar-refractivity contribution in [2.24, 2.45) is 0 Å². The van der Waals surface area contributed by atoms with Crippen LogP contribution < -0.4 is 0 Å². The first-order valence-electron chi connectivity index (χ1n) is 8.38. The van der Waals surface area contributed by atoms with Crippen molar-refractivity contribution in [3.05, 3.63) is 5.82 Å². The lowest BCUT2D eigenvalue weighted by atomic mass is 9.95. The van der Waals surface area contributed by atoms with Crippen LogP contribution in [0.15, 0.2) is 0 Å². The Labute approximate surface area is 126 Å². The molecule has 3 rings (SSSR count). The van der Waals surface area contributed by atoms with E-state index in [1.165, 1.54) is 32.1 Å². The first-order valence-corrected chi connectivity index (χ1v) is 8.38. The minimum Gasteiger partial charge on any atom is -0.395 e. The lowest BCUT2D eigenvalue weighted by Crippen LogP contribution is -2.40. The number of tetrazole rings is 1. The van der Waals surface area contributed by atoms with Crippen molar-refractivity contribution < 1.29 is 5.11 Å². The van der Waals surface area contributed by atoms with Gasteiger partial charge in [0.25, 0.3) is 0 Å². The zero-order valence-electron chi connectivity index (χ0n) is 13.1. The average molecular weight is 293 g/mol. The Hall–Kier alpha value is -1.01. The summed E-state index contributed by atoms with van der Waals surface area (Å²) in [4.78, 5) is 2.39. The van der Waals surface area contributed by atoms with E-state index in [0.29, 0.717) is 12.1 Å². The lowest BCUT2D eigenvalue weighted by molar-refractivity contribution is 0.0927. The largest absolute Gasteiger partial charge is 0.395 e. The normalized spacial score (nSPS) is 28.6. The Bertz CT molecular complexity index is 455. The third-order valence-electron chi connectivity index (χ3n) is 5.10. The van der Waals surface area contributed by atoms with E-state index < -0.39 is 0 Å². The second-order valence-corrected chi connectivity index (χ2v) is 6.74. The highest BCUT2D eigenvalue weighted by molar-refractivity contribution is 5.02. The Morgan fingerprint density at radius 1 is 1.14 bits per heavy atom. The molecule has 0 bridgehead atoms. The Kier molecular flexibility index (Phi) is 4.54. The number of hydrogen-bond donors (Lipinski definition) is 1. The number of aliphatic hydroxyl groups is 1.